The van der Waals surface area contributed by atoms with Crippen LogP contribution in [0.15, 0.2) is 0 Å². The minimum atomic E-state index is -0.452. The molecule has 0 amide bonds. The zero-order chi connectivity index (χ0) is 14.1. The second-order valence-corrected chi connectivity index (χ2v) is 5.01. The zero-order valence-electron chi connectivity index (χ0n) is 12.4. The molecule has 1 unspecified atom stereocenters. The molecule has 0 aromatic heterocycles. The molecule has 1 aliphatic heterocycles. The van der Waals surface area contributed by atoms with E-state index in [0.29, 0.717) is 6.42 Å². The van der Waals surface area contributed by atoms with Crippen molar-refractivity contribution in [3.05, 3.63) is 0 Å². The van der Waals surface area contributed by atoms with Crippen molar-refractivity contribution < 1.29 is 19.0 Å². The van der Waals surface area contributed by atoms with E-state index in [-0.39, 0.29) is 12.0 Å². The van der Waals surface area contributed by atoms with Crippen LogP contribution < -0.4 is 5.32 Å². The second kappa shape index (κ2) is 8.51. The van der Waals surface area contributed by atoms with Gasteiger partial charge in [-0.15, -0.1) is 0 Å². The van der Waals surface area contributed by atoms with Crippen LogP contribution in [0.4, 0.5) is 0 Å². The van der Waals surface area contributed by atoms with Crippen LogP contribution in [-0.2, 0) is 19.0 Å². The largest absolute Gasteiger partial charge is 0.469 e. The average Bonchev–Trinajstić information content (AvgIpc) is 2.85. The van der Waals surface area contributed by atoms with E-state index < -0.39 is 5.79 Å². The summed E-state index contributed by atoms with van der Waals surface area (Å²) in [5, 5.41) is 3.44. The minimum absolute atomic E-state index is 0.116. The first-order chi connectivity index (χ1) is 9.18. The number of esters is 1. The molecule has 1 N–H and O–H groups in total. The molecule has 1 fully saturated rings. The Morgan fingerprint density at radius 1 is 1.16 bits per heavy atom. The predicted octanol–water partition coefficient (Wildman–Crippen LogP) is 1.85. The zero-order valence-corrected chi connectivity index (χ0v) is 12.4. The van der Waals surface area contributed by atoms with Crippen LogP contribution in [0.5, 0.6) is 0 Å². The first-order valence-electron chi connectivity index (χ1n) is 7.09. The van der Waals surface area contributed by atoms with E-state index in [1.807, 2.05) is 0 Å². The number of rotatable bonds is 9. The Bertz CT molecular complexity index is 266. The number of hydrogen-bond donors (Lipinski definition) is 1. The Morgan fingerprint density at radius 3 is 2.47 bits per heavy atom. The van der Waals surface area contributed by atoms with Crippen molar-refractivity contribution in [1.29, 1.82) is 0 Å². The molecule has 0 aromatic carbocycles. The van der Waals surface area contributed by atoms with E-state index in [1.54, 1.807) is 14.2 Å². The third-order valence-electron chi connectivity index (χ3n) is 3.94. The highest BCUT2D eigenvalue weighted by molar-refractivity contribution is 5.68. The summed E-state index contributed by atoms with van der Waals surface area (Å²) in [4.78, 5) is 11.0. The highest BCUT2D eigenvalue weighted by atomic mass is 16.7. The third kappa shape index (κ3) is 4.75. The monoisotopic (exact) mass is 273 g/mol. The van der Waals surface area contributed by atoms with Crippen LogP contribution in [0, 0.1) is 0 Å². The first kappa shape index (κ1) is 16.4. The number of unbranched alkanes of at least 4 members (excludes halogenated alkanes) is 3. The number of carbonyl (C=O) groups is 1. The lowest BCUT2D eigenvalue weighted by atomic mass is 10.0. The molecule has 5 nitrogen and oxygen atoms in total. The van der Waals surface area contributed by atoms with Crippen LogP contribution in [0.3, 0.4) is 0 Å². The summed E-state index contributed by atoms with van der Waals surface area (Å²) in [6.07, 6.45) is 6.68. The Balaban J connectivity index is 2.13. The fourth-order valence-electron chi connectivity index (χ4n) is 2.72. The van der Waals surface area contributed by atoms with E-state index in [0.717, 1.165) is 45.1 Å². The van der Waals surface area contributed by atoms with Crippen LogP contribution in [-0.4, -0.2) is 45.7 Å². The lowest BCUT2D eigenvalue weighted by molar-refractivity contribution is -0.211. The first-order valence-corrected chi connectivity index (χ1v) is 7.09. The highest BCUT2D eigenvalue weighted by Crippen LogP contribution is 2.29. The SMILES string of the molecule is COC(=O)CCCCCCC1NCCC1(OC)OC. The van der Waals surface area contributed by atoms with E-state index in [2.05, 4.69) is 10.1 Å². The molecule has 1 saturated heterocycles. The summed E-state index contributed by atoms with van der Waals surface area (Å²) in [5.41, 5.74) is 0. The number of hydrogen-bond acceptors (Lipinski definition) is 5. The van der Waals surface area contributed by atoms with E-state index in [9.17, 15) is 4.79 Å². The number of ether oxygens (including phenoxy) is 3. The van der Waals surface area contributed by atoms with Gasteiger partial charge in [-0.05, 0) is 12.8 Å². The summed E-state index contributed by atoms with van der Waals surface area (Å²) in [7, 11) is 4.85. The van der Waals surface area contributed by atoms with Gasteiger partial charge in [-0.25, -0.2) is 0 Å². The average molecular weight is 273 g/mol. The summed E-state index contributed by atoms with van der Waals surface area (Å²) in [5.74, 6) is -0.568. The van der Waals surface area contributed by atoms with Gasteiger partial charge in [0.1, 0.15) is 0 Å². The summed E-state index contributed by atoms with van der Waals surface area (Å²) in [6, 6.07) is 0.267. The van der Waals surface area contributed by atoms with Crippen LogP contribution in [0.1, 0.15) is 44.9 Å². The maximum absolute atomic E-state index is 11.0. The molecule has 5 heteroatoms. The Hall–Kier alpha value is -0.650. The molecular formula is C14H27NO4. The van der Waals surface area contributed by atoms with Crippen LogP contribution in [0.25, 0.3) is 0 Å². The van der Waals surface area contributed by atoms with Crippen molar-refractivity contribution >= 4 is 5.97 Å². The third-order valence-corrected chi connectivity index (χ3v) is 3.94. The standard InChI is InChI=1S/C14H27NO4/c1-17-13(16)9-7-5-4-6-8-12-14(18-2,19-3)10-11-15-12/h12,15H,4-11H2,1-3H3. The van der Waals surface area contributed by atoms with Crippen LogP contribution >= 0.6 is 0 Å². The Morgan fingerprint density at radius 2 is 1.84 bits per heavy atom. The van der Waals surface area contributed by atoms with Crippen molar-refractivity contribution in [2.75, 3.05) is 27.9 Å². The molecule has 0 aromatic rings. The molecule has 0 saturated carbocycles. The van der Waals surface area contributed by atoms with Gasteiger partial charge in [0.25, 0.3) is 0 Å². The second-order valence-electron chi connectivity index (χ2n) is 5.01. The molecule has 0 bridgehead atoms. The van der Waals surface area contributed by atoms with E-state index >= 15 is 0 Å². The minimum Gasteiger partial charge on any atom is -0.469 e. The molecule has 1 rings (SSSR count). The van der Waals surface area contributed by atoms with Gasteiger partial charge in [-0.1, -0.05) is 19.3 Å². The fraction of sp³-hybridized carbons (Fsp3) is 0.929. The molecule has 0 spiro atoms. The van der Waals surface area contributed by atoms with E-state index in [1.165, 1.54) is 7.11 Å². The summed E-state index contributed by atoms with van der Waals surface area (Å²) in [6.45, 7) is 0.939. The molecule has 1 heterocycles. The maximum Gasteiger partial charge on any atom is 0.305 e. The van der Waals surface area contributed by atoms with Crippen molar-refractivity contribution in [3.8, 4) is 0 Å². The van der Waals surface area contributed by atoms with Crippen molar-refractivity contribution in [1.82, 2.24) is 5.32 Å². The predicted molar refractivity (Wildman–Crippen MR) is 72.9 cm³/mol. The van der Waals surface area contributed by atoms with Gasteiger partial charge in [0, 0.05) is 33.6 Å². The molecule has 0 radical (unpaired) electrons. The highest BCUT2D eigenvalue weighted by Gasteiger charge is 2.42. The molecular weight excluding hydrogens is 246 g/mol. The molecule has 1 atom stereocenters. The maximum atomic E-state index is 11.0. The number of methoxy groups -OCH3 is 3. The topological polar surface area (TPSA) is 56.8 Å². The lowest BCUT2D eigenvalue weighted by Crippen LogP contribution is -2.45. The van der Waals surface area contributed by atoms with Gasteiger partial charge >= 0.3 is 5.97 Å². The van der Waals surface area contributed by atoms with Crippen molar-refractivity contribution in [2.24, 2.45) is 0 Å². The van der Waals surface area contributed by atoms with Gasteiger partial charge < -0.3 is 19.5 Å². The molecule has 0 aliphatic carbocycles. The molecule has 112 valence electrons. The number of carbonyl (C=O) groups excluding carboxylic acids is 1. The van der Waals surface area contributed by atoms with Gasteiger partial charge in [-0.2, -0.15) is 0 Å². The van der Waals surface area contributed by atoms with Crippen molar-refractivity contribution in [2.45, 2.75) is 56.8 Å². The fourth-order valence-corrected chi connectivity index (χ4v) is 2.72. The molecule has 1 aliphatic rings. The van der Waals surface area contributed by atoms with Gasteiger partial charge in [-0.3, -0.25) is 4.79 Å². The van der Waals surface area contributed by atoms with Gasteiger partial charge in [0.05, 0.1) is 13.2 Å². The summed E-state index contributed by atoms with van der Waals surface area (Å²) < 4.78 is 15.7. The van der Waals surface area contributed by atoms with Crippen LogP contribution in [0.2, 0.25) is 0 Å². The van der Waals surface area contributed by atoms with E-state index in [4.69, 9.17) is 9.47 Å². The van der Waals surface area contributed by atoms with Gasteiger partial charge in [0.15, 0.2) is 5.79 Å². The normalized spacial score (nSPS) is 21.5. The van der Waals surface area contributed by atoms with Gasteiger partial charge in [0.2, 0.25) is 0 Å². The summed E-state index contributed by atoms with van der Waals surface area (Å²) >= 11 is 0. The van der Waals surface area contributed by atoms with Crippen molar-refractivity contribution in [3.63, 3.8) is 0 Å². The Kier molecular flexibility index (Phi) is 7.34. The smallest absolute Gasteiger partial charge is 0.305 e. The lowest BCUT2D eigenvalue weighted by Gasteiger charge is -2.32. The molecule has 19 heavy (non-hydrogen) atoms. The number of nitrogens with one attached hydrogen (secondary N) is 1. The quantitative estimate of drug-likeness (QED) is 0.395. The Labute approximate surface area is 116 Å².